The van der Waals surface area contributed by atoms with Crippen LogP contribution in [0.5, 0.6) is 0 Å². The SMILES string of the molecule is CN(C)C(c1ccncc1)C1C=CCC1. The lowest BCUT2D eigenvalue weighted by Gasteiger charge is -2.29. The molecule has 0 aliphatic heterocycles. The second-order valence-electron chi connectivity index (χ2n) is 4.36. The molecule has 2 rings (SSSR count). The predicted molar refractivity (Wildman–Crippen MR) is 62.5 cm³/mol. The number of hydrogen-bond donors (Lipinski definition) is 0. The quantitative estimate of drug-likeness (QED) is 0.700. The van der Waals surface area contributed by atoms with Crippen LogP contribution in [0.25, 0.3) is 0 Å². The molecule has 1 heterocycles. The Kier molecular flexibility index (Phi) is 3.17. The minimum absolute atomic E-state index is 0.492. The third-order valence-electron chi connectivity index (χ3n) is 3.06. The zero-order chi connectivity index (χ0) is 10.7. The number of nitrogens with zero attached hydrogens (tertiary/aromatic N) is 2. The van der Waals surface area contributed by atoms with Crippen LogP contribution in [0.1, 0.15) is 24.4 Å². The van der Waals surface area contributed by atoms with E-state index in [-0.39, 0.29) is 0 Å². The standard InChI is InChI=1S/C13H18N2/c1-15(2)13(11-5-3-4-6-11)12-7-9-14-10-8-12/h3,5,7-11,13H,4,6H2,1-2H3. The number of rotatable bonds is 3. The summed E-state index contributed by atoms with van der Waals surface area (Å²) >= 11 is 0. The highest BCUT2D eigenvalue weighted by Crippen LogP contribution is 2.33. The summed E-state index contributed by atoms with van der Waals surface area (Å²) in [6, 6.07) is 4.74. The highest BCUT2D eigenvalue weighted by atomic mass is 15.1. The molecule has 1 aliphatic rings. The summed E-state index contributed by atoms with van der Waals surface area (Å²) in [4.78, 5) is 6.38. The second-order valence-corrected chi connectivity index (χ2v) is 4.36. The molecule has 80 valence electrons. The van der Waals surface area contributed by atoms with E-state index in [9.17, 15) is 0 Å². The molecular weight excluding hydrogens is 184 g/mol. The van der Waals surface area contributed by atoms with E-state index in [2.05, 4.69) is 48.3 Å². The Balaban J connectivity index is 2.23. The van der Waals surface area contributed by atoms with Crippen LogP contribution in [0.2, 0.25) is 0 Å². The van der Waals surface area contributed by atoms with Gasteiger partial charge in [0.2, 0.25) is 0 Å². The van der Waals surface area contributed by atoms with Gasteiger partial charge in [0.25, 0.3) is 0 Å². The van der Waals surface area contributed by atoms with Crippen LogP contribution in [-0.2, 0) is 0 Å². The van der Waals surface area contributed by atoms with Gasteiger partial charge in [0.05, 0.1) is 0 Å². The average molecular weight is 202 g/mol. The summed E-state index contributed by atoms with van der Waals surface area (Å²) in [7, 11) is 4.30. The van der Waals surface area contributed by atoms with Crippen molar-refractivity contribution in [3.63, 3.8) is 0 Å². The number of pyridine rings is 1. The van der Waals surface area contributed by atoms with Crippen molar-refractivity contribution in [1.29, 1.82) is 0 Å². The van der Waals surface area contributed by atoms with E-state index in [4.69, 9.17) is 0 Å². The van der Waals surface area contributed by atoms with Gasteiger partial charge in [0.15, 0.2) is 0 Å². The normalized spacial score (nSPS) is 22.2. The maximum absolute atomic E-state index is 4.08. The monoisotopic (exact) mass is 202 g/mol. The Morgan fingerprint density at radius 3 is 2.60 bits per heavy atom. The van der Waals surface area contributed by atoms with Gasteiger partial charge >= 0.3 is 0 Å². The van der Waals surface area contributed by atoms with Gasteiger partial charge in [0, 0.05) is 18.4 Å². The lowest BCUT2D eigenvalue weighted by atomic mass is 9.92. The fourth-order valence-electron chi connectivity index (χ4n) is 2.41. The Morgan fingerprint density at radius 2 is 2.07 bits per heavy atom. The summed E-state index contributed by atoms with van der Waals surface area (Å²) in [5.41, 5.74) is 1.37. The van der Waals surface area contributed by atoms with E-state index in [0.29, 0.717) is 12.0 Å². The minimum atomic E-state index is 0.492. The van der Waals surface area contributed by atoms with Gasteiger partial charge in [-0.15, -0.1) is 0 Å². The Morgan fingerprint density at radius 1 is 1.33 bits per heavy atom. The van der Waals surface area contributed by atoms with Gasteiger partial charge in [-0.2, -0.15) is 0 Å². The Labute approximate surface area is 91.6 Å². The molecule has 0 radical (unpaired) electrons. The van der Waals surface area contributed by atoms with Crippen molar-refractivity contribution in [3.05, 3.63) is 42.2 Å². The summed E-state index contributed by atoms with van der Waals surface area (Å²) < 4.78 is 0. The van der Waals surface area contributed by atoms with Crippen LogP contribution < -0.4 is 0 Å². The highest BCUT2D eigenvalue weighted by molar-refractivity contribution is 5.19. The van der Waals surface area contributed by atoms with E-state index in [1.807, 2.05) is 12.4 Å². The lowest BCUT2D eigenvalue weighted by molar-refractivity contribution is 0.239. The van der Waals surface area contributed by atoms with Crippen LogP contribution in [0.15, 0.2) is 36.7 Å². The number of hydrogen-bond acceptors (Lipinski definition) is 2. The van der Waals surface area contributed by atoms with E-state index in [1.165, 1.54) is 18.4 Å². The van der Waals surface area contributed by atoms with Crippen LogP contribution in [-0.4, -0.2) is 24.0 Å². The predicted octanol–water partition coefficient (Wildman–Crippen LogP) is 2.65. The maximum Gasteiger partial charge on any atom is 0.0405 e. The zero-order valence-corrected chi connectivity index (χ0v) is 9.43. The first-order valence-corrected chi connectivity index (χ1v) is 5.52. The summed E-state index contributed by atoms with van der Waals surface area (Å²) in [6.45, 7) is 0. The van der Waals surface area contributed by atoms with Crippen molar-refractivity contribution in [2.75, 3.05) is 14.1 Å². The van der Waals surface area contributed by atoms with Gasteiger partial charge in [-0.3, -0.25) is 4.98 Å². The molecule has 0 spiro atoms. The van der Waals surface area contributed by atoms with Crippen molar-refractivity contribution in [2.24, 2.45) is 5.92 Å². The molecule has 0 aromatic carbocycles. The van der Waals surface area contributed by atoms with E-state index in [1.54, 1.807) is 0 Å². The van der Waals surface area contributed by atoms with Gasteiger partial charge in [-0.05, 0) is 50.6 Å². The van der Waals surface area contributed by atoms with Crippen molar-refractivity contribution >= 4 is 0 Å². The third kappa shape index (κ3) is 2.26. The summed E-state index contributed by atoms with van der Waals surface area (Å²) in [5, 5.41) is 0. The van der Waals surface area contributed by atoms with Crippen LogP contribution >= 0.6 is 0 Å². The second kappa shape index (κ2) is 4.58. The first-order chi connectivity index (χ1) is 7.29. The molecule has 2 heteroatoms. The first kappa shape index (κ1) is 10.4. The van der Waals surface area contributed by atoms with Crippen molar-refractivity contribution in [1.82, 2.24) is 9.88 Å². The zero-order valence-electron chi connectivity index (χ0n) is 9.43. The largest absolute Gasteiger partial charge is 0.302 e. The fourth-order valence-corrected chi connectivity index (χ4v) is 2.41. The molecule has 2 atom stereocenters. The summed E-state index contributed by atoms with van der Waals surface area (Å²) in [5.74, 6) is 0.655. The van der Waals surface area contributed by atoms with E-state index in [0.717, 1.165) is 0 Å². The highest BCUT2D eigenvalue weighted by Gasteiger charge is 2.24. The fraction of sp³-hybridized carbons (Fsp3) is 0.462. The molecule has 0 fully saturated rings. The molecular formula is C13H18N2. The molecule has 1 aliphatic carbocycles. The van der Waals surface area contributed by atoms with Gasteiger partial charge < -0.3 is 4.90 Å². The lowest BCUT2D eigenvalue weighted by Crippen LogP contribution is -2.25. The molecule has 2 unspecified atom stereocenters. The molecule has 0 N–H and O–H groups in total. The van der Waals surface area contributed by atoms with Crippen LogP contribution in [0.3, 0.4) is 0 Å². The third-order valence-corrected chi connectivity index (χ3v) is 3.06. The van der Waals surface area contributed by atoms with Crippen LogP contribution in [0.4, 0.5) is 0 Å². The van der Waals surface area contributed by atoms with Crippen molar-refractivity contribution in [3.8, 4) is 0 Å². The van der Waals surface area contributed by atoms with Gasteiger partial charge in [-0.1, -0.05) is 12.2 Å². The first-order valence-electron chi connectivity index (χ1n) is 5.52. The van der Waals surface area contributed by atoms with Gasteiger partial charge in [0.1, 0.15) is 0 Å². The van der Waals surface area contributed by atoms with E-state index >= 15 is 0 Å². The number of aromatic nitrogens is 1. The molecule has 0 saturated carbocycles. The Hall–Kier alpha value is -1.15. The maximum atomic E-state index is 4.08. The Bertz CT molecular complexity index is 330. The smallest absolute Gasteiger partial charge is 0.0405 e. The molecule has 1 aromatic rings. The molecule has 0 amide bonds. The minimum Gasteiger partial charge on any atom is -0.302 e. The molecule has 1 aromatic heterocycles. The molecule has 0 saturated heterocycles. The van der Waals surface area contributed by atoms with Crippen LogP contribution in [0, 0.1) is 5.92 Å². The van der Waals surface area contributed by atoms with Crippen molar-refractivity contribution < 1.29 is 0 Å². The molecule has 0 bridgehead atoms. The molecule has 15 heavy (non-hydrogen) atoms. The average Bonchev–Trinajstić information content (AvgIpc) is 2.72. The topological polar surface area (TPSA) is 16.1 Å². The van der Waals surface area contributed by atoms with Gasteiger partial charge in [-0.25, -0.2) is 0 Å². The van der Waals surface area contributed by atoms with E-state index < -0.39 is 0 Å². The molecule has 2 nitrogen and oxygen atoms in total. The summed E-state index contributed by atoms with van der Waals surface area (Å²) in [6.07, 6.45) is 10.9. The van der Waals surface area contributed by atoms with Crippen molar-refractivity contribution in [2.45, 2.75) is 18.9 Å². The number of allylic oxidation sites excluding steroid dienone is 1.